The molecule has 1 N–H and O–H groups in total. The predicted octanol–water partition coefficient (Wildman–Crippen LogP) is 6.22. The second kappa shape index (κ2) is 13.4. The number of hydrazone groups is 1. The number of benzene rings is 3. The topological polar surface area (TPSA) is 106 Å². The zero-order valence-corrected chi connectivity index (χ0v) is 25.7. The molecule has 0 unspecified atom stereocenters. The molecule has 0 aliphatic carbocycles. The Bertz CT molecular complexity index is 1780. The Hall–Kier alpha value is -4.55. The van der Waals surface area contributed by atoms with E-state index in [4.69, 9.17) is 9.52 Å². The third-order valence-corrected chi connectivity index (χ3v) is 8.53. The molecule has 2 amide bonds. The van der Waals surface area contributed by atoms with E-state index in [-0.39, 0.29) is 41.7 Å². The van der Waals surface area contributed by atoms with Crippen LogP contribution in [0.25, 0.3) is 0 Å². The first kappa shape index (κ1) is 29.5. The van der Waals surface area contributed by atoms with Gasteiger partial charge in [-0.2, -0.15) is 5.10 Å². The maximum atomic E-state index is 13.7. The quantitative estimate of drug-likeness (QED) is 0.177. The minimum atomic E-state index is -0.378. The SMILES string of the molecule is O=C(NCc1nnc(SCC(=O)N2N=C(c3ccc(Br)cc3)C[C@H]2c2ccc(F)cc2)n1Cc1ccccc1)c1ccco1. The van der Waals surface area contributed by atoms with Crippen LogP contribution in [0, 0.1) is 5.82 Å². The highest BCUT2D eigenvalue weighted by molar-refractivity contribution is 9.10. The average molecular weight is 674 g/mol. The smallest absolute Gasteiger partial charge is 0.287 e. The van der Waals surface area contributed by atoms with E-state index in [0.717, 1.165) is 26.9 Å². The van der Waals surface area contributed by atoms with Crippen molar-refractivity contribution in [1.29, 1.82) is 0 Å². The maximum absolute atomic E-state index is 13.7. The van der Waals surface area contributed by atoms with Gasteiger partial charge in [0, 0.05) is 10.9 Å². The summed E-state index contributed by atoms with van der Waals surface area (Å²) in [6.07, 6.45) is 1.93. The molecule has 3 heterocycles. The molecular formula is C32H26BrFN6O3S. The molecule has 5 aromatic rings. The molecule has 12 heteroatoms. The van der Waals surface area contributed by atoms with Gasteiger partial charge in [0.15, 0.2) is 16.7 Å². The molecule has 3 aromatic carbocycles. The van der Waals surface area contributed by atoms with Gasteiger partial charge < -0.3 is 14.3 Å². The van der Waals surface area contributed by atoms with Crippen molar-refractivity contribution in [2.24, 2.45) is 5.10 Å². The normalized spacial score (nSPS) is 14.5. The lowest BCUT2D eigenvalue weighted by Gasteiger charge is -2.22. The third-order valence-electron chi connectivity index (χ3n) is 7.05. The zero-order chi connectivity index (χ0) is 30.5. The number of furan rings is 1. The van der Waals surface area contributed by atoms with Gasteiger partial charge in [-0.25, -0.2) is 9.40 Å². The summed E-state index contributed by atoms with van der Waals surface area (Å²) in [6.45, 7) is 0.567. The van der Waals surface area contributed by atoms with E-state index in [1.54, 1.807) is 24.3 Å². The van der Waals surface area contributed by atoms with Gasteiger partial charge in [-0.1, -0.05) is 82.3 Å². The lowest BCUT2D eigenvalue weighted by atomic mass is 9.98. The van der Waals surface area contributed by atoms with Crippen molar-refractivity contribution in [3.8, 4) is 0 Å². The molecule has 0 spiro atoms. The summed E-state index contributed by atoms with van der Waals surface area (Å²) >= 11 is 4.70. The minimum Gasteiger partial charge on any atom is -0.459 e. The van der Waals surface area contributed by atoms with E-state index in [1.165, 1.54) is 35.2 Å². The van der Waals surface area contributed by atoms with E-state index in [2.05, 4.69) is 31.4 Å². The fraction of sp³-hybridized carbons (Fsp3) is 0.156. The van der Waals surface area contributed by atoms with Crippen molar-refractivity contribution in [1.82, 2.24) is 25.1 Å². The van der Waals surface area contributed by atoms with Crippen LogP contribution in [-0.2, 0) is 17.9 Å². The summed E-state index contributed by atoms with van der Waals surface area (Å²) in [5.74, 6) is -0.163. The van der Waals surface area contributed by atoms with Crippen molar-refractivity contribution < 1.29 is 18.4 Å². The van der Waals surface area contributed by atoms with Crippen LogP contribution in [0.1, 0.15) is 45.5 Å². The summed E-state index contributed by atoms with van der Waals surface area (Å²) in [4.78, 5) is 26.2. The number of thioether (sulfide) groups is 1. The van der Waals surface area contributed by atoms with Crippen LogP contribution in [-0.4, -0.2) is 43.1 Å². The van der Waals surface area contributed by atoms with Crippen LogP contribution < -0.4 is 5.32 Å². The number of nitrogens with zero attached hydrogens (tertiary/aromatic N) is 5. The number of hydrogen-bond acceptors (Lipinski definition) is 7. The standard InChI is InChI=1S/C32H26BrFN6O3S/c33-24-12-8-22(9-13-24)26-17-27(23-10-14-25(34)15-11-23)40(38-26)30(41)20-44-32-37-36-29(18-35-31(42)28-7-4-16-43-28)39(32)19-21-5-2-1-3-6-21/h1-16,27H,17-20H2,(H,35,42)/t27-/m0/s1. The maximum Gasteiger partial charge on any atom is 0.287 e. The van der Waals surface area contributed by atoms with Crippen molar-refractivity contribution >= 4 is 45.2 Å². The number of carbonyl (C=O) groups excluding carboxylic acids is 2. The van der Waals surface area contributed by atoms with Gasteiger partial charge in [-0.05, 0) is 53.1 Å². The Balaban J connectivity index is 1.22. The monoisotopic (exact) mass is 672 g/mol. The Morgan fingerprint density at radius 1 is 0.977 bits per heavy atom. The Kier molecular flexibility index (Phi) is 8.99. The van der Waals surface area contributed by atoms with Crippen molar-refractivity contribution in [2.45, 2.75) is 30.7 Å². The number of amides is 2. The predicted molar refractivity (Wildman–Crippen MR) is 167 cm³/mol. The van der Waals surface area contributed by atoms with Crippen LogP contribution >= 0.6 is 27.7 Å². The van der Waals surface area contributed by atoms with E-state index in [1.807, 2.05) is 59.2 Å². The van der Waals surface area contributed by atoms with Crippen LogP contribution in [0.2, 0.25) is 0 Å². The highest BCUT2D eigenvalue weighted by Crippen LogP contribution is 2.34. The summed E-state index contributed by atoms with van der Waals surface area (Å²) in [6, 6.07) is 26.6. The first-order valence-electron chi connectivity index (χ1n) is 13.8. The van der Waals surface area contributed by atoms with E-state index >= 15 is 0 Å². The molecule has 9 nitrogen and oxygen atoms in total. The van der Waals surface area contributed by atoms with Crippen LogP contribution in [0.4, 0.5) is 4.39 Å². The molecule has 0 fully saturated rings. The van der Waals surface area contributed by atoms with Gasteiger partial charge in [0.25, 0.3) is 11.8 Å². The lowest BCUT2D eigenvalue weighted by Crippen LogP contribution is -2.28. The molecule has 222 valence electrons. The van der Waals surface area contributed by atoms with Gasteiger partial charge >= 0.3 is 0 Å². The van der Waals surface area contributed by atoms with Crippen LogP contribution in [0.15, 0.2) is 116 Å². The summed E-state index contributed by atoms with van der Waals surface area (Å²) in [5, 5.41) is 18.2. The van der Waals surface area contributed by atoms with Gasteiger partial charge in [0.2, 0.25) is 0 Å². The molecule has 1 aliphatic heterocycles. The first-order valence-corrected chi connectivity index (χ1v) is 15.5. The lowest BCUT2D eigenvalue weighted by molar-refractivity contribution is -0.130. The fourth-order valence-corrected chi connectivity index (χ4v) is 5.90. The Morgan fingerprint density at radius 2 is 1.75 bits per heavy atom. The molecular weight excluding hydrogens is 647 g/mol. The van der Waals surface area contributed by atoms with E-state index < -0.39 is 0 Å². The number of hydrogen-bond donors (Lipinski definition) is 1. The van der Waals surface area contributed by atoms with Crippen molar-refractivity contribution in [2.75, 3.05) is 5.75 Å². The number of rotatable bonds is 10. The van der Waals surface area contributed by atoms with Crippen LogP contribution in [0.3, 0.4) is 0 Å². The Labute approximate surface area is 265 Å². The molecule has 0 radical (unpaired) electrons. The van der Waals surface area contributed by atoms with Gasteiger partial charge in [-0.15, -0.1) is 10.2 Å². The molecule has 44 heavy (non-hydrogen) atoms. The molecule has 1 aliphatic rings. The molecule has 1 atom stereocenters. The van der Waals surface area contributed by atoms with Gasteiger partial charge in [0.05, 0.1) is 36.9 Å². The number of aromatic nitrogens is 3. The largest absolute Gasteiger partial charge is 0.459 e. The third kappa shape index (κ3) is 6.81. The molecule has 0 bridgehead atoms. The molecule has 0 saturated carbocycles. The fourth-order valence-electron chi connectivity index (χ4n) is 4.83. The van der Waals surface area contributed by atoms with Gasteiger partial charge in [0.1, 0.15) is 5.82 Å². The molecule has 2 aromatic heterocycles. The number of nitrogens with one attached hydrogen (secondary N) is 1. The van der Waals surface area contributed by atoms with Gasteiger partial charge in [-0.3, -0.25) is 9.59 Å². The summed E-state index contributed by atoms with van der Waals surface area (Å²) in [7, 11) is 0. The van der Waals surface area contributed by atoms with Crippen LogP contribution in [0.5, 0.6) is 0 Å². The second-order valence-corrected chi connectivity index (χ2v) is 11.8. The summed E-state index contributed by atoms with van der Waals surface area (Å²) < 4.78 is 21.7. The molecule has 6 rings (SSSR count). The zero-order valence-electron chi connectivity index (χ0n) is 23.3. The van der Waals surface area contributed by atoms with E-state index in [9.17, 15) is 14.0 Å². The highest BCUT2D eigenvalue weighted by Gasteiger charge is 2.33. The first-order chi connectivity index (χ1) is 21.4. The minimum absolute atomic E-state index is 0.0422. The Morgan fingerprint density at radius 3 is 2.48 bits per heavy atom. The highest BCUT2D eigenvalue weighted by atomic mass is 79.9. The summed E-state index contributed by atoms with van der Waals surface area (Å²) in [5.41, 5.74) is 3.49. The van der Waals surface area contributed by atoms with E-state index in [0.29, 0.717) is 23.9 Å². The second-order valence-electron chi connectivity index (χ2n) is 9.98. The average Bonchev–Trinajstić information content (AvgIpc) is 3.81. The number of halogens is 2. The molecule has 0 saturated heterocycles. The number of carbonyl (C=O) groups is 2. The van der Waals surface area contributed by atoms with Crippen molar-refractivity contribution in [3.63, 3.8) is 0 Å². The van der Waals surface area contributed by atoms with Crippen molar-refractivity contribution in [3.05, 3.63) is 136 Å².